The third-order valence-electron chi connectivity index (χ3n) is 4.46. The molecule has 1 N–H and O–H groups in total. The Hall–Kier alpha value is -2.46. The number of unbranched alkanes of at least 4 members (excludes halogenated alkanes) is 1. The number of carbonyl (C=O) groups excluding carboxylic acids is 2. The molecule has 0 radical (unpaired) electrons. The van der Waals surface area contributed by atoms with Crippen LogP contribution >= 0.6 is 0 Å². The lowest BCUT2D eigenvalue weighted by Crippen LogP contribution is -2.35. The Morgan fingerprint density at radius 1 is 0.889 bits per heavy atom. The van der Waals surface area contributed by atoms with Gasteiger partial charge in [-0.15, -0.1) is 0 Å². The minimum Gasteiger partial charge on any atom is -0.331 e. The highest BCUT2D eigenvalue weighted by Crippen LogP contribution is 2.13. The van der Waals surface area contributed by atoms with Gasteiger partial charge in [0.05, 0.1) is 27.7 Å². The third kappa shape index (κ3) is 7.75. The van der Waals surface area contributed by atoms with Gasteiger partial charge in [-0.2, -0.15) is 0 Å². The van der Waals surface area contributed by atoms with E-state index in [-0.39, 0.29) is 11.7 Å². The van der Waals surface area contributed by atoms with E-state index in [1.54, 1.807) is 0 Å². The molecule has 2 rings (SSSR count). The molecule has 0 aliphatic rings. The van der Waals surface area contributed by atoms with E-state index in [1.807, 2.05) is 55.5 Å². The molecule has 1 amide bonds. The zero-order valence-electron chi connectivity index (χ0n) is 16.9. The van der Waals surface area contributed by atoms with Crippen LogP contribution in [0.5, 0.6) is 0 Å². The molecule has 27 heavy (non-hydrogen) atoms. The average molecular weight is 368 g/mol. The number of ketones is 1. The minimum atomic E-state index is -0.129. The number of Topliss-reactive ketones (excluding diaryl/α,β-unsaturated/α-hetero) is 1. The number of carbonyl (C=O) groups is 2. The van der Waals surface area contributed by atoms with Crippen LogP contribution in [0, 0.1) is 6.92 Å². The van der Waals surface area contributed by atoms with Gasteiger partial charge >= 0.3 is 0 Å². The number of aryl methyl sites for hydroxylation is 1. The fourth-order valence-corrected chi connectivity index (χ4v) is 2.84. The van der Waals surface area contributed by atoms with Gasteiger partial charge in [0.2, 0.25) is 0 Å². The number of nitrogens with zero attached hydrogens (tertiary/aromatic N) is 1. The molecule has 0 heterocycles. The molecule has 0 atom stereocenters. The Labute approximate surface area is 162 Å². The molecule has 2 aromatic rings. The number of nitrogens with one attached hydrogen (secondary N) is 1. The van der Waals surface area contributed by atoms with E-state index >= 15 is 0 Å². The van der Waals surface area contributed by atoms with E-state index in [9.17, 15) is 9.59 Å². The van der Waals surface area contributed by atoms with Crippen molar-refractivity contribution in [2.75, 3.05) is 33.0 Å². The summed E-state index contributed by atoms with van der Waals surface area (Å²) in [6.45, 7) is 3.08. The van der Waals surface area contributed by atoms with Gasteiger partial charge in [-0.1, -0.05) is 29.8 Å². The van der Waals surface area contributed by atoms with Crippen molar-refractivity contribution < 1.29 is 14.1 Å². The van der Waals surface area contributed by atoms with E-state index in [4.69, 9.17) is 0 Å². The quantitative estimate of drug-likeness (QED) is 0.532. The summed E-state index contributed by atoms with van der Waals surface area (Å²) in [4.78, 5) is 24.4. The van der Waals surface area contributed by atoms with Crippen LogP contribution in [0.4, 0.5) is 5.69 Å². The van der Waals surface area contributed by atoms with Gasteiger partial charge in [-0.3, -0.25) is 9.59 Å². The SMILES string of the molecule is Cc1ccc(C(=O)Nc2ccc(CC(=O)CCCC[N+](C)(C)C)cc2)cc1. The standard InChI is InChI=1S/C23H30N2O2/c1-18-8-12-20(13-9-18)23(27)24-21-14-10-19(11-15-21)17-22(26)7-5-6-16-25(2,3)4/h8-15H,5-7,16-17H2,1-4H3/p+1. The number of benzene rings is 2. The normalized spacial score (nSPS) is 11.3. The summed E-state index contributed by atoms with van der Waals surface area (Å²) in [5, 5.41) is 2.89. The number of anilines is 1. The Bertz CT molecular complexity index is 756. The minimum absolute atomic E-state index is 0.129. The maximum atomic E-state index is 12.2. The largest absolute Gasteiger partial charge is 0.331 e. The molecule has 4 nitrogen and oxygen atoms in total. The smallest absolute Gasteiger partial charge is 0.255 e. The van der Waals surface area contributed by atoms with Crippen LogP contribution in [0.2, 0.25) is 0 Å². The number of hydrogen-bond donors (Lipinski definition) is 1. The van der Waals surface area contributed by atoms with Crippen LogP contribution in [-0.2, 0) is 11.2 Å². The molecule has 0 unspecified atom stereocenters. The first kappa shape index (κ1) is 20.8. The predicted molar refractivity (Wildman–Crippen MR) is 111 cm³/mol. The summed E-state index contributed by atoms with van der Waals surface area (Å²) in [6, 6.07) is 15.0. The molecule has 0 aliphatic carbocycles. The van der Waals surface area contributed by atoms with Gasteiger partial charge in [0.15, 0.2) is 0 Å². The summed E-state index contributed by atoms with van der Waals surface area (Å²) >= 11 is 0. The van der Waals surface area contributed by atoms with Gasteiger partial charge < -0.3 is 9.80 Å². The van der Waals surface area contributed by atoms with Gasteiger partial charge in [0, 0.05) is 24.1 Å². The van der Waals surface area contributed by atoms with Crippen molar-refractivity contribution in [1.82, 2.24) is 0 Å². The fraction of sp³-hybridized carbons (Fsp3) is 0.391. The van der Waals surface area contributed by atoms with Crippen molar-refractivity contribution in [2.45, 2.75) is 32.6 Å². The van der Waals surface area contributed by atoms with Crippen LogP contribution in [0.1, 0.15) is 40.7 Å². The maximum absolute atomic E-state index is 12.2. The Kier molecular flexibility index (Phi) is 7.31. The molecule has 2 aromatic carbocycles. The van der Waals surface area contributed by atoms with Crippen LogP contribution < -0.4 is 5.32 Å². The fourth-order valence-electron chi connectivity index (χ4n) is 2.84. The van der Waals surface area contributed by atoms with Gasteiger partial charge in [0.1, 0.15) is 5.78 Å². The molecule has 0 aromatic heterocycles. The zero-order chi connectivity index (χ0) is 19.9. The van der Waals surface area contributed by atoms with Gasteiger partial charge in [-0.25, -0.2) is 0 Å². The van der Waals surface area contributed by atoms with Crippen molar-refractivity contribution in [3.8, 4) is 0 Å². The lowest BCUT2D eigenvalue weighted by atomic mass is 10.0. The van der Waals surface area contributed by atoms with Crippen LogP contribution in [0.15, 0.2) is 48.5 Å². The van der Waals surface area contributed by atoms with Crippen LogP contribution in [0.25, 0.3) is 0 Å². The van der Waals surface area contributed by atoms with Crippen LogP contribution in [0.3, 0.4) is 0 Å². The van der Waals surface area contributed by atoms with Crippen molar-refractivity contribution in [3.05, 3.63) is 65.2 Å². The molecule has 4 heteroatoms. The Balaban J connectivity index is 1.79. The first-order valence-corrected chi connectivity index (χ1v) is 9.52. The van der Waals surface area contributed by atoms with E-state index in [0.29, 0.717) is 18.4 Å². The van der Waals surface area contributed by atoms with Crippen LogP contribution in [-0.4, -0.2) is 43.9 Å². The van der Waals surface area contributed by atoms with Gasteiger partial charge in [-0.05, 0) is 49.6 Å². The second kappa shape index (κ2) is 9.47. The number of amides is 1. The molecule has 144 valence electrons. The topological polar surface area (TPSA) is 46.2 Å². The monoisotopic (exact) mass is 367 g/mol. The average Bonchev–Trinajstić information content (AvgIpc) is 2.60. The molecule has 0 spiro atoms. The highest BCUT2D eigenvalue weighted by Gasteiger charge is 2.09. The first-order chi connectivity index (χ1) is 12.7. The predicted octanol–water partition coefficient (Wildman–Crippen LogP) is 4.24. The second-order valence-electron chi connectivity index (χ2n) is 8.20. The first-order valence-electron chi connectivity index (χ1n) is 9.52. The highest BCUT2D eigenvalue weighted by molar-refractivity contribution is 6.04. The summed E-state index contributed by atoms with van der Waals surface area (Å²) in [5.74, 6) is 0.143. The molecular weight excluding hydrogens is 336 g/mol. The summed E-state index contributed by atoms with van der Waals surface area (Å²) < 4.78 is 0.934. The van der Waals surface area contributed by atoms with E-state index < -0.39 is 0 Å². The maximum Gasteiger partial charge on any atom is 0.255 e. The van der Waals surface area contributed by atoms with Crippen molar-refractivity contribution in [2.24, 2.45) is 0 Å². The Morgan fingerprint density at radius 3 is 2.11 bits per heavy atom. The summed E-state index contributed by atoms with van der Waals surface area (Å²) in [5.41, 5.74) is 3.48. The van der Waals surface area contributed by atoms with Crippen molar-refractivity contribution >= 4 is 17.4 Å². The number of hydrogen-bond acceptors (Lipinski definition) is 2. The second-order valence-corrected chi connectivity index (χ2v) is 8.20. The van der Waals surface area contributed by atoms with E-state index in [0.717, 1.165) is 40.7 Å². The zero-order valence-corrected chi connectivity index (χ0v) is 16.9. The molecular formula is C23H31N2O2+. The lowest BCUT2D eigenvalue weighted by Gasteiger charge is -2.23. The third-order valence-corrected chi connectivity index (χ3v) is 4.46. The van der Waals surface area contributed by atoms with Crippen molar-refractivity contribution in [3.63, 3.8) is 0 Å². The number of rotatable bonds is 9. The lowest BCUT2D eigenvalue weighted by molar-refractivity contribution is -0.870. The number of quaternary nitrogens is 1. The molecule has 0 saturated heterocycles. The Morgan fingerprint density at radius 2 is 1.52 bits per heavy atom. The summed E-state index contributed by atoms with van der Waals surface area (Å²) in [7, 11) is 6.50. The highest BCUT2D eigenvalue weighted by atomic mass is 16.1. The molecule has 0 aliphatic heterocycles. The van der Waals surface area contributed by atoms with Gasteiger partial charge in [0.25, 0.3) is 5.91 Å². The molecule has 0 fully saturated rings. The summed E-state index contributed by atoms with van der Waals surface area (Å²) in [6.07, 6.45) is 3.10. The molecule has 0 bridgehead atoms. The van der Waals surface area contributed by atoms with Crippen molar-refractivity contribution in [1.29, 1.82) is 0 Å². The molecule has 0 saturated carbocycles. The van der Waals surface area contributed by atoms with E-state index in [1.165, 1.54) is 0 Å². The van der Waals surface area contributed by atoms with E-state index in [2.05, 4.69) is 26.5 Å².